The second-order valence-corrected chi connectivity index (χ2v) is 6.81. The topological polar surface area (TPSA) is 64.4 Å². The van der Waals surface area contributed by atoms with Crippen LogP contribution in [0.15, 0.2) is 75.6 Å². The number of halogens is 1. The molecule has 0 unspecified atom stereocenters. The minimum absolute atomic E-state index is 0.189. The average molecular weight is 423 g/mol. The predicted octanol–water partition coefficient (Wildman–Crippen LogP) is 5.52. The van der Waals surface area contributed by atoms with Crippen molar-refractivity contribution < 1.29 is 13.9 Å². The molecule has 0 bridgehead atoms. The zero-order valence-corrected chi connectivity index (χ0v) is 16.0. The number of carbonyl (C=O) groups excluding carboxylic acids is 1. The number of ether oxygens (including phenoxy) is 1. The van der Waals surface area contributed by atoms with Crippen molar-refractivity contribution in [2.24, 2.45) is 0 Å². The van der Waals surface area contributed by atoms with E-state index in [1.807, 2.05) is 42.5 Å². The Hall–Kier alpha value is -3.12. The third-order valence-electron chi connectivity index (χ3n) is 4.07. The van der Waals surface area contributed by atoms with Crippen LogP contribution in [0.1, 0.15) is 10.4 Å². The van der Waals surface area contributed by atoms with Gasteiger partial charge in [-0.15, -0.1) is 0 Å². The van der Waals surface area contributed by atoms with Crippen LogP contribution < -0.4 is 10.1 Å². The number of anilines is 1. The Morgan fingerprint density at radius 2 is 1.89 bits per heavy atom. The number of rotatable bonds is 4. The van der Waals surface area contributed by atoms with Crippen LogP contribution in [-0.2, 0) is 0 Å². The molecule has 4 aromatic rings. The molecule has 5 nitrogen and oxygen atoms in total. The standard InChI is InChI=1S/C21H15BrN2O3/c1-26-17-8-5-13(6-9-17)21-24-18-10-7-16(12-19(18)27-21)23-20(25)14-3-2-4-15(22)11-14/h2-12H,1H3,(H,23,25). The molecule has 1 N–H and O–H groups in total. The van der Waals surface area contributed by atoms with Gasteiger partial charge in [0.2, 0.25) is 5.89 Å². The summed E-state index contributed by atoms with van der Waals surface area (Å²) < 4.78 is 11.9. The zero-order valence-electron chi connectivity index (χ0n) is 14.4. The summed E-state index contributed by atoms with van der Waals surface area (Å²) in [5.74, 6) is 1.10. The molecule has 1 heterocycles. The van der Waals surface area contributed by atoms with Crippen molar-refractivity contribution in [1.82, 2.24) is 4.98 Å². The van der Waals surface area contributed by atoms with Crippen LogP contribution in [0, 0.1) is 0 Å². The molecule has 0 atom stereocenters. The van der Waals surface area contributed by atoms with Crippen LogP contribution in [0.5, 0.6) is 5.75 Å². The van der Waals surface area contributed by atoms with Gasteiger partial charge in [-0.1, -0.05) is 22.0 Å². The maximum atomic E-state index is 12.4. The minimum Gasteiger partial charge on any atom is -0.497 e. The molecular weight excluding hydrogens is 408 g/mol. The van der Waals surface area contributed by atoms with Crippen LogP contribution in [0.3, 0.4) is 0 Å². The van der Waals surface area contributed by atoms with Gasteiger partial charge in [0.05, 0.1) is 7.11 Å². The van der Waals surface area contributed by atoms with Gasteiger partial charge in [0, 0.05) is 27.4 Å². The molecule has 27 heavy (non-hydrogen) atoms. The van der Waals surface area contributed by atoms with Gasteiger partial charge in [-0.3, -0.25) is 4.79 Å². The summed E-state index contributed by atoms with van der Waals surface area (Å²) in [4.78, 5) is 16.9. The summed E-state index contributed by atoms with van der Waals surface area (Å²) in [7, 11) is 1.62. The second-order valence-electron chi connectivity index (χ2n) is 5.89. The number of hydrogen-bond donors (Lipinski definition) is 1. The van der Waals surface area contributed by atoms with Gasteiger partial charge < -0.3 is 14.5 Å². The van der Waals surface area contributed by atoms with Gasteiger partial charge in [0.15, 0.2) is 5.58 Å². The van der Waals surface area contributed by atoms with E-state index in [4.69, 9.17) is 9.15 Å². The van der Waals surface area contributed by atoms with Crippen molar-refractivity contribution in [3.05, 3.63) is 76.8 Å². The van der Waals surface area contributed by atoms with Gasteiger partial charge >= 0.3 is 0 Å². The molecule has 6 heteroatoms. The number of nitrogens with one attached hydrogen (secondary N) is 1. The minimum atomic E-state index is -0.189. The Kier molecular flexibility index (Phi) is 4.64. The number of nitrogens with zero attached hydrogens (tertiary/aromatic N) is 1. The highest BCUT2D eigenvalue weighted by Crippen LogP contribution is 2.27. The molecule has 3 aromatic carbocycles. The highest BCUT2D eigenvalue weighted by atomic mass is 79.9. The Bertz CT molecular complexity index is 1120. The molecule has 134 valence electrons. The first-order valence-electron chi connectivity index (χ1n) is 8.24. The van der Waals surface area contributed by atoms with E-state index in [-0.39, 0.29) is 5.91 Å². The average Bonchev–Trinajstić information content (AvgIpc) is 3.11. The van der Waals surface area contributed by atoms with Crippen molar-refractivity contribution in [1.29, 1.82) is 0 Å². The highest BCUT2D eigenvalue weighted by molar-refractivity contribution is 9.10. The molecule has 1 amide bonds. The van der Waals surface area contributed by atoms with Crippen LogP contribution in [0.4, 0.5) is 5.69 Å². The Balaban J connectivity index is 1.59. The fourth-order valence-corrected chi connectivity index (χ4v) is 3.09. The lowest BCUT2D eigenvalue weighted by Gasteiger charge is -2.05. The third-order valence-corrected chi connectivity index (χ3v) is 4.56. The first kappa shape index (κ1) is 17.3. The molecule has 0 fully saturated rings. The van der Waals surface area contributed by atoms with E-state index in [2.05, 4.69) is 26.2 Å². The number of hydrogen-bond acceptors (Lipinski definition) is 4. The molecular formula is C21H15BrN2O3. The first-order chi connectivity index (χ1) is 13.1. The number of oxazole rings is 1. The number of methoxy groups -OCH3 is 1. The second kappa shape index (κ2) is 7.25. The normalized spacial score (nSPS) is 10.7. The highest BCUT2D eigenvalue weighted by Gasteiger charge is 2.11. The summed E-state index contributed by atoms with van der Waals surface area (Å²) in [5, 5.41) is 2.88. The van der Waals surface area contributed by atoms with E-state index < -0.39 is 0 Å². The summed E-state index contributed by atoms with van der Waals surface area (Å²) in [6.45, 7) is 0. The van der Waals surface area contributed by atoms with Crippen molar-refractivity contribution in [3.8, 4) is 17.2 Å². The van der Waals surface area contributed by atoms with Crippen LogP contribution >= 0.6 is 15.9 Å². The van der Waals surface area contributed by atoms with E-state index in [9.17, 15) is 4.79 Å². The molecule has 4 rings (SSSR count). The van der Waals surface area contributed by atoms with Crippen molar-refractivity contribution in [2.45, 2.75) is 0 Å². The largest absolute Gasteiger partial charge is 0.497 e. The van der Waals surface area contributed by atoms with Crippen LogP contribution in [0.2, 0.25) is 0 Å². The van der Waals surface area contributed by atoms with Crippen molar-refractivity contribution in [2.75, 3.05) is 12.4 Å². The molecule has 0 spiro atoms. The molecule has 0 aliphatic rings. The van der Waals surface area contributed by atoms with Gasteiger partial charge in [-0.05, 0) is 54.6 Å². The van der Waals surface area contributed by atoms with E-state index in [0.29, 0.717) is 22.7 Å². The molecule has 0 aliphatic heterocycles. The smallest absolute Gasteiger partial charge is 0.255 e. The molecule has 0 saturated heterocycles. The maximum Gasteiger partial charge on any atom is 0.255 e. The first-order valence-corrected chi connectivity index (χ1v) is 9.03. The molecule has 0 saturated carbocycles. The Labute approximate surface area is 164 Å². The summed E-state index contributed by atoms with van der Waals surface area (Å²) in [6.07, 6.45) is 0. The number of carbonyl (C=O) groups is 1. The van der Waals surface area contributed by atoms with Gasteiger partial charge in [0.1, 0.15) is 11.3 Å². The Morgan fingerprint density at radius 1 is 1.07 bits per heavy atom. The number of benzene rings is 3. The third kappa shape index (κ3) is 3.71. The lowest BCUT2D eigenvalue weighted by atomic mass is 10.2. The number of fused-ring (bicyclic) bond motifs is 1. The molecule has 0 radical (unpaired) electrons. The zero-order chi connectivity index (χ0) is 18.8. The quantitative estimate of drug-likeness (QED) is 0.470. The molecule has 0 aliphatic carbocycles. The van der Waals surface area contributed by atoms with Crippen LogP contribution in [0.25, 0.3) is 22.6 Å². The van der Waals surface area contributed by atoms with E-state index in [0.717, 1.165) is 21.3 Å². The van der Waals surface area contributed by atoms with Gasteiger partial charge in [0.25, 0.3) is 5.91 Å². The van der Waals surface area contributed by atoms with E-state index in [1.54, 1.807) is 31.4 Å². The maximum absolute atomic E-state index is 12.4. The van der Waals surface area contributed by atoms with Crippen LogP contribution in [-0.4, -0.2) is 18.0 Å². The SMILES string of the molecule is COc1ccc(-c2nc3ccc(NC(=O)c4cccc(Br)c4)cc3o2)cc1. The van der Waals surface area contributed by atoms with E-state index >= 15 is 0 Å². The number of amides is 1. The predicted molar refractivity (Wildman–Crippen MR) is 108 cm³/mol. The van der Waals surface area contributed by atoms with E-state index in [1.165, 1.54) is 0 Å². The lowest BCUT2D eigenvalue weighted by Crippen LogP contribution is -2.11. The monoisotopic (exact) mass is 422 g/mol. The lowest BCUT2D eigenvalue weighted by molar-refractivity contribution is 0.102. The van der Waals surface area contributed by atoms with Gasteiger partial charge in [-0.25, -0.2) is 4.98 Å². The van der Waals surface area contributed by atoms with Gasteiger partial charge in [-0.2, -0.15) is 0 Å². The van der Waals surface area contributed by atoms with Crippen molar-refractivity contribution >= 4 is 38.6 Å². The fraction of sp³-hybridized carbons (Fsp3) is 0.0476. The summed E-state index contributed by atoms with van der Waals surface area (Å²) in [5.41, 5.74) is 3.40. The summed E-state index contributed by atoms with van der Waals surface area (Å²) in [6, 6.07) is 20.1. The molecule has 1 aromatic heterocycles. The fourth-order valence-electron chi connectivity index (χ4n) is 2.69. The summed E-state index contributed by atoms with van der Waals surface area (Å²) >= 11 is 3.37. The Morgan fingerprint density at radius 3 is 2.63 bits per heavy atom. The van der Waals surface area contributed by atoms with Crippen molar-refractivity contribution in [3.63, 3.8) is 0 Å². The number of aromatic nitrogens is 1.